The van der Waals surface area contributed by atoms with Crippen molar-refractivity contribution in [3.8, 4) is 0 Å². The van der Waals surface area contributed by atoms with Crippen LogP contribution in [0, 0.1) is 5.92 Å². The first kappa shape index (κ1) is 9.42. The van der Waals surface area contributed by atoms with Crippen LogP contribution in [0.2, 0.25) is 0 Å². The molecule has 1 atom stereocenters. The minimum Gasteiger partial charge on any atom is -0.321 e. The molecular formula is C10H13N3OS. The van der Waals surface area contributed by atoms with Gasteiger partial charge in [0.1, 0.15) is 5.82 Å². The highest BCUT2D eigenvalue weighted by Gasteiger charge is 2.32. The van der Waals surface area contributed by atoms with Crippen molar-refractivity contribution < 1.29 is 0 Å². The minimum atomic E-state index is -0.0754. The second kappa shape index (κ2) is 3.35. The Morgan fingerprint density at radius 3 is 3.00 bits per heavy atom. The quantitative estimate of drug-likeness (QED) is 0.782. The van der Waals surface area contributed by atoms with Crippen LogP contribution >= 0.6 is 11.8 Å². The van der Waals surface area contributed by atoms with Crippen LogP contribution in [0.5, 0.6) is 0 Å². The summed E-state index contributed by atoms with van der Waals surface area (Å²) in [4.78, 5) is 19.0. The van der Waals surface area contributed by atoms with Gasteiger partial charge in [-0.25, -0.2) is 4.98 Å². The van der Waals surface area contributed by atoms with E-state index >= 15 is 0 Å². The highest BCUT2D eigenvalue weighted by atomic mass is 32.2. The topological polar surface area (TPSA) is 71.8 Å². The van der Waals surface area contributed by atoms with Gasteiger partial charge in [0.2, 0.25) is 0 Å². The van der Waals surface area contributed by atoms with Crippen LogP contribution < -0.4 is 11.3 Å². The van der Waals surface area contributed by atoms with Gasteiger partial charge in [0.05, 0.1) is 11.7 Å². The lowest BCUT2D eigenvalue weighted by atomic mass is 10.1. The van der Waals surface area contributed by atoms with Crippen molar-refractivity contribution in [1.82, 2.24) is 9.97 Å². The number of nitrogens with two attached hydrogens (primary N) is 1. The second-order valence-electron chi connectivity index (χ2n) is 4.23. The highest BCUT2D eigenvalue weighted by molar-refractivity contribution is 7.98. The van der Waals surface area contributed by atoms with Crippen LogP contribution in [0.25, 0.3) is 0 Å². The van der Waals surface area contributed by atoms with Crippen molar-refractivity contribution in [2.24, 2.45) is 11.7 Å². The van der Waals surface area contributed by atoms with Crippen LogP contribution in [-0.2, 0) is 11.5 Å². The van der Waals surface area contributed by atoms with E-state index in [4.69, 9.17) is 5.73 Å². The molecule has 0 saturated heterocycles. The summed E-state index contributed by atoms with van der Waals surface area (Å²) in [5.41, 5.74) is 7.81. The molecule has 1 saturated carbocycles. The van der Waals surface area contributed by atoms with Crippen LogP contribution in [0.4, 0.5) is 0 Å². The van der Waals surface area contributed by atoms with Gasteiger partial charge in [-0.3, -0.25) is 4.79 Å². The number of hydrogen-bond donors (Lipinski definition) is 2. The molecule has 1 unspecified atom stereocenters. The number of aromatic amines is 1. The molecular weight excluding hydrogens is 210 g/mol. The van der Waals surface area contributed by atoms with Gasteiger partial charge >= 0.3 is 0 Å². The zero-order valence-electron chi connectivity index (χ0n) is 8.32. The molecule has 0 bridgehead atoms. The van der Waals surface area contributed by atoms with Crippen molar-refractivity contribution >= 4 is 11.8 Å². The van der Waals surface area contributed by atoms with Gasteiger partial charge in [0.15, 0.2) is 0 Å². The fourth-order valence-electron chi connectivity index (χ4n) is 1.92. The maximum atomic E-state index is 11.7. The van der Waals surface area contributed by atoms with E-state index in [1.54, 1.807) is 11.8 Å². The van der Waals surface area contributed by atoms with Gasteiger partial charge in [-0.1, -0.05) is 0 Å². The van der Waals surface area contributed by atoms with E-state index in [1.807, 2.05) is 0 Å². The molecule has 1 aliphatic heterocycles. The third-order valence-corrected chi connectivity index (χ3v) is 4.02. The summed E-state index contributed by atoms with van der Waals surface area (Å²) in [7, 11) is 0. The molecule has 1 aromatic heterocycles. The third-order valence-electron chi connectivity index (χ3n) is 3.05. The molecule has 4 nitrogen and oxygen atoms in total. The summed E-state index contributed by atoms with van der Waals surface area (Å²) >= 11 is 1.74. The summed E-state index contributed by atoms with van der Waals surface area (Å²) in [6.07, 6.45) is 2.33. The van der Waals surface area contributed by atoms with Crippen molar-refractivity contribution in [2.45, 2.75) is 30.4 Å². The molecule has 1 aliphatic carbocycles. The molecule has 5 heteroatoms. The van der Waals surface area contributed by atoms with Crippen LogP contribution in [-0.4, -0.2) is 9.97 Å². The number of fused-ring (bicyclic) bond motifs is 1. The Bertz CT molecular complexity index is 452. The predicted octanol–water partition coefficient (Wildman–Crippen LogP) is 0.926. The molecule has 0 amide bonds. The van der Waals surface area contributed by atoms with Gasteiger partial charge < -0.3 is 10.7 Å². The lowest BCUT2D eigenvalue weighted by Gasteiger charge is -2.10. The number of aromatic nitrogens is 2. The molecule has 1 aromatic rings. The Balaban J connectivity index is 2.02. The van der Waals surface area contributed by atoms with Crippen molar-refractivity contribution in [3.63, 3.8) is 0 Å². The summed E-state index contributed by atoms with van der Waals surface area (Å²) in [6, 6.07) is -0.0754. The molecule has 0 aromatic carbocycles. The van der Waals surface area contributed by atoms with Crippen LogP contribution in [0.3, 0.4) is 0 Å². The maximum absolute atomic E-state index is 11.7. The van der Waals surface area contributed by atoms with E-state index < -0.39 is 0 Å². The van der Waals surface area contributed by atoms with E-state index in [-0.39, 0.29) is 11.6 Å². The highest BCUT2D eigenvalue weighted by Crippen LogP contribution is 2.38. The van der Waals surface area contributed by atoms with Crippen molar-refractivity contribution in [3.05, 3.63) is 27.4 Å². The molecule has 3 rings (SSSR count). The number of thioether (sulfide) groups is 1. The van der Waals surface area contributed by atoms with E-state index in [0.29, 0.717) is 11.7 Å². The first-order chi connectivity index (χ1) is 7.25. The van der Waals surface area contributed by atoms with Crippen LogP contribution in [0.1, 0.15) is 36.0 Å². The lowest BCUT2D eigenvalue weighted by molar-refractivity contribution is 0.587. The monoisotopic (exact) mass is 223 g/mol. The number of nitrogens with one attached hydrogen (secondary N) is 1. The zero-order valence-corrected chi connectivity index (χ0v) is 9.14. The van der Waals surface area contributed by atoms with Crippen LogP contribution in [0.15, 0.2) is 4.79 Å². The number of nitrogens with zero attached hydrogens (tertiary/aromatic N) is 1. The lowest BCUT2D eigenvalue weighted by Crippen LogP contribution is -2.23. The molecule has 0 spiro atoms. The standard InChI is InChI=1S/C10H13N3OS/c11-8(5-1-2-5)9-12-7-4-15-3-6(7)10(14)13-9/h5,8H,1-4,11H2,(H,12,13,14). The van der Waals surface area contributed by atoms with Gasteiger partial charge in [0.25, 0.3) is 5.56 Å². The predicted molar refractivity (Wildman–Crippen MR) is 59.5 cm³/mol. The Morgan fingerprint density at radius 2 is 2.27 bits per heavy atom. The molecule has 2 heterocycles. The Kier molecular flexibility index (Phi) is 2.10. The number of hydrogen-bond acceptors (Lipinski definition) is 4. The largest absolute Gasteiger partial charge is 0.321 e. The summed E-state index contributed by atoms with van der Waals surface area (Å²) in [5, 5.41) is 0. The van der Waals surface area contributed by atoms with Gasteiger partial charge in [0, 0.05) is 17.1 Å². The second-order valence-corrected chi connectivity index (χ2v) is 5.22. The smallest absolute Gasteiger partial charge is 0.255 e. The summed E-state index contributed by atoms with van der Waals surface area (Å²) in [6.45, 7) is 0. The first-order valence-corrected chi connectivity index (χ1v) is 6.36. The summed E-state index contributed by atoms with van der Waals surface area (Å²) < 4.78 is 0. The normalized spacial score (nSPS) is 21.4. The number of rotatable bonds is 2. The van der Waals surface area contributed by atoms with E-state index in [0.717, 1.165) is 35.6 Å². The molecule has 1 fully saturated rings. The zero-order chi connectivity index (χ0) is 10.4. The molecule has 2 aliphatic rings. The van der Waals surface area contributed by atoms with E-state index in [1.165, 1.54) is 0 Å². The first-order valence-electron chi connectivity index (χ1n) is 5.21. The van der Waals surface area contributed by atoms with E-state index in [2.05, 4.69) is 9.97 Å². The molecule has 3 N–H and O–H groups in total. The Hall–Kier alpha value is -0.810. The van der Waals surface area contributed by atoms with Gasteiger partial charge in [-0.2, -0.15) is 11.8 Å². The van der Waals surface area contributed by atoms with Crippen molar-refractivity contribution in [2.75, 3.05) is 0 Å². The fourth-order valence-corrected chi connectivity index (χ4v) is 2.95. The average Bonchev–Trinajstić information content (AvgIpc) is 2.96. The van der Waals surface area contributed by atoms with Gasteiger partial charge in [-0.15, -0.1) is 0 Å². The molecule has 80 valence electrons. The Labute approximate surface area is 91.7 Å². The molecule has 15 heavy (non-hydrogen) atoms. The van der Waals surface area contributed by atoms with Gasteiger partial charge in [-0.05, 0) is 18.8 Å². The molecule has 0 radical (unpaired) electrons. The fraction of sp³-hybridized carbons (Fsp3) is 0.600. The number of H-pyrrole nitrogens is 1. The van der Waals surface area contributed by atoms with Crippen molar-refractivity contribution in [1.29, 1.82) is 0 Å². The minimum absolute atomic E-state index is 0.0103. The third kappa shape index (κ3) is 1.59. The summed E-state index contributed by atoms with van der Waals surface area (Å²) in [5.74, 6) is 2.85. The average molecular weight is 223 g/mol. The maximum Gasteiger partial charge on any atom is 0.255 e. The Morgan fingerprint density at radius 1 is 1.47 bits per heavy atom. The van der Waals surface area contributed by atoms with E-state index in [9.17, 15) is 4.79 Å². The SMILES string of the molecule is NC(c1nc2c(c(=O)[nH]1)CSC2)C1CC1.